The third-order valence-corrected chi connectivity index (χ3v) is 5.27. The highest BCUT2D eigenvalue weighted by molar-refractivity contribution is 5.90. The molecule has 0 fully saturated rings. The lowest BCUT2D eigenvalue weighted by atomic mass is 9.95. The van der Waals surface area contributed by atoms with Gasteiger partial charge in [-0.3, -0.25) is 0 Å². The summed E-state index contributed by atoms with van der Waals surface area (Å²) in [5.74, 6) is 1.18. The van der Waals surface area contributed by atoms with Gasteiger partial charge < -0.3 is 13.9 Å². The molecule has 0 aliphatic heterocycles. The molecule has 0 saturated heterocycles. The molecule has 0 radical (unpaired) electrons. The van der Waals surface area contributed by atoms with Gasteiger partial charge in [-0.05, 0) is 72.5 Å². The Morgan fingerprint density at radius 2 is 1.62 bits per heavy atom. The van der Waals surface area contributed by atoms with Gasteiger partial charge in [0.1, 0.15) is 23.7 Å². The van der Waals surface area contributed by atoms with Gasteiger partial charge in [-0.2, -0.15) is 0 Å². The number of carbonyl (C=O) groups excluding carboxylic acids is 1. The Kier molecular flexibility index (Phi) is 6.08. The number of hydrogen-bond donors (Lipinski definition) is 0. The molecule has 0 saturated carbocycles. The van der Waals surface area contributed by atoms with Crippen LogP contribution in [0.2, 0.25) is 0 Å². The van der Waals surface area contributed by atoms with Crippen molar-refractivity contribution in [3.05, 3.63) is 105 Å². The van der Waals surface area contributed by atoms with Crippen LogP contribution in [-0.2, 0) is 11.3 Å². The number of ether oxygens (including phenoxy) is 2. The van der Waals surface area contributed by atoms with Gasteiger partial charge in [-0.1, -0.05) is 32.0 Å². The molecular formula is C27H24O5. The largest absolute Gasteiger partial charge is 0.457 e. The van der Waals surface area contributed by atoms with Gasteiger partial charge in [0.05, 0.1) is 5.56 Å². The maximum atomic E-state index is 12.6. The van der Waals surface area contributed by atoms with E-state index in [0.29, 0.717) is 34.1 Å². The third-order valence-electron chi connectivity index (χ3n) is 5.27. The Morgan fingerprint density at radius 1 is 0.938 bits per heavy atom. The van der Waals surface area contributed by atoms with Crippen LogP contribution >= 0.6 is 0 Å². The molecule has 0 unspecified atom stereocenters. The molecule has 0 atom stereocenters. The predicted octanol–water partition coefficient (Wildman–Crippen LogP) is 6.37. The van der Waals surface area contributed by atoms with Crippen molar-refractivity contribution in [1.82, 2.24) is 0 Å². The van der Waals surface area contributed by atoms with E-state index in [-0.39, 0.29) is 6.61 Å². The summed E-state index contributed by atoms with van der Waals surface area (Å²) in [6.07, 6.45) is 0. The minimum Gasteiger partial charge on any atom is -0.457 e. The van der Waals surface area contributed by atoms with E-state index in [1.807, 2.05) is 49.4 Å². The highest BCUT2D eigenvalue weighted by atomic mass is 16.5. The third kappa shape index (κ3) is 4.72. The summed E-state index contributed by atoms with van der Waals surface area (Å²) < 4.78 is 16.6. The van der Waals surface area contributed by atoms with Crippen molar-refractivity contribution >= 4 is 16.9 Å². The molecule has 162 valence electrons. The number of esters is 1. The molecule has 32 heavy (non-hydrogen) atoms. The zero-order valence-electron chi connectivity index (χ0n) is 18.3. The molecule has 0 aliphatic rings. The zero-order chi connectivity index (χ0) is 22.7. The molecule has 0 spiro atoms. The summed E-state index contributed by atoms with van der Waals surface area (Å²) in [6, 6.07) is 21.4. The van der Waals surface area contributed by atoms with Crippen molar-refractivity contribution in [3.63, 3.8) is 0 Å². The van der Waals surface area contributed by atoms with Crippen molar-refractivity contribution in [2.45, 2.75) is 33.3 Å². The number of hydrogen-bond acceptors (Lipinski definition) is 5. The minimum atomic E-state index is -0.478. The van der Waals surface area contributed by atoms with Gasteiger partial charge in [0.25, 0.3) is 0 Å². The fraction of sp³-hybridized carbons (Fsp3) is 0.185. The van der Waals surface area contributed by atoms with E-state index in [1.54, 1.807) is 24.3 Å². The molecule has 5 heteroatoms. The van der Waals surface area contributed by atoms with E-state index in [0.717, 1.165) is 16.5 Å². The highest BCUT2D eigenvalue weighted by Gasteiger charge is 2.14. The summed E-state index contributed by atoms with van der Waals surface area (Å²) in [5, 5.41) is 0.776. The molecule has 0 aliphatic carbocycles. The second kappa shape index (κ2) is 9.10. The standard InChI is InChI=1S/C27H24O5/c1-17(2)23-15-24-20(14-26(28)32-25(24)13-18(23)3)16-30-27(29)19-9-11-22(12-10-19)31-21-7-5-4-6-8-21/h4-15,17H,16H2,1-3H3. The van der Waals surface area contributed by atoms with E-state index >= 15 is 0 Å². The van der Waals surface area contributed by atoms with Crippen molar-refractivity contribution in [2.75, 3.05) is 0 Å². The lowest BCUT2D eigenvalue weighted by molar-refractivity contribution is 0.0474. The predicted molar refractivity (Wildman–Crippen MR) is 123 cm³/mol. The van der Waals surface area contributed by atoms with Gasteiger partial charge in [0.15, 0.2) is 0 Å². The van der Waals surface area contributed by atoms with E-state index < -0.39 is 11.6 Å². The van der Waals surface area contributed by atoms with Crippen molar-refractivity contribution in [3.8, 4) is 11.5 Å². The van der Waals surface area contributed by atoms with E-state index in [1.165, 1.54) is 6.07 Å². The Morgan fingerprint density at radius 3 is 2.31 bits per heavy atom. The van der Waals surface area contributed by atoms with E-state index in [9.17, 15) is 9.59 Å². The average molecular weight is 428 g/mol. The molecular weight excluding hydrogens is 404 g/mol. The van der Waals surface area contributed by atoms with Crippen LogP contribution in [0.5, 0.6) is 11.5 Å². The first-order valence-corrected chi connectivity index (χ1v) is 10.5. The molecule has 0 amide bonds. The molecule has 4 rings (SSSR count). The molecule has 1 heterocycles. The molecule has 4 aromatic rings. The van der Waals surface area contributed by atoms with E-state index in [4.69, 9.17) is 13.9 Å². The highest BCUT2D eigenvalue weighted by Crippen LogP contribution is 2.27. The number of benzene rings is 3. The number of para-hydroxylation sites is 1. The first kappa shape index (κ1) is 21.4. The summed E-state index contributed by atoms with van der Waals surface area (Å²) in [5.41, 5.74) is 3.26. The van der Waals surface area contributed by atoms with Crippen LogP contribution in [0.25, 0.3) is 11.0 Å². The number of carbonyl (C=O) groups is 1. The maximum absolute atomic E-state index is 12.6. The van der Waals surface area contributed by atoms with Crippen LogP contribution in [0.1, 0.15) is 46.8 Å². The molecule has 3 aromatic carbocycles. The topological polar surface area (TPSA) is 65.7 Å². The number of rotatable bonds is 6. The van der Waals surface area contributed by atoms with Gasteiger partial charge in [-0.25, -0.2) is 9.59 Å². The van der Waals surface area contributed by atoms with Crippen LogP contribution < -0.4 is 10.4 Å². The second-order valence-electron chi connectivity index (χ2n) is 7.97. The summed E-state index contributed by atoms with van der Waals surface area (Å²) in [6.45, 7) is 6.19. The average Bonchev–Trinajstić information content (AvgIpc) is 2.77. The van der Waals surface area contributed by atoms with Crippen molar-refractivity contribution in [1.29, 1.82) is 0 Å². The fourth-order valence-electron chi connectivity index (χ4n) is 3.64. The van der Waals surface area contributed by atoms with Crippen LogP contribution in [0.15, 0.2) is 82.0 Å². The summed E-state index contributed by atoms with van der Waals surface area (Å²) in [4.78, 5) is 24.6. The first-order valence-electron chi connectivity index (χ1n) is 10.5. The Balaban J connectivity index is 1.51. The monoisotopic (exact) mass is 428 g/mol. The van der Waals surface area contributed by atoms with Crippen molar-refractivity contribution in [2.24, 2.45) is 0 Å². The summed E-state index contributed by atoms with van der Waals surface area (Å²) >= 11 is 0. The van der Waals surface area contributed by atoms with Gasteiger partial charge in [-0.15, -0.1) is 0 Å². The molecule has 0 N–H and O–H groups in total. The Hall–Kier alpha value is -3.86. The summed E-state index contributed by atoms with van der Waals surface area (Å²) in [7, 11) is 0. The van der Waals surface area contributed by atoms with Crippen LogP contribution in [0.3, 0.4) is 0 Å². The Labute approximate surface area is 186 Å². The SMILES string of the molecule is Cc1cc2oc(=O)cc(COC(=O)c3ccc(Oc4ccccc4)cc3)c2cc1C(C)C. The zero-order valence-corrected chi connectivity index (χ0v) is 18.3. The molecule has 5 nitrogen and oxygen atoms in total. The normalized spacial score (nSPS) is 11.0. The van der Waals surface area contributed by atoms with Crippen LogP contribution in [-0.4, -0.2) is 5.97 Å². The quantitative estimate of drug-likeness (QED) is 0.264. The van der Waals surface area contributed by atoms with Gasteiger partial charge >= 0.3 is 11.6 Å². The Bertz CT molecular complexity index is 1300. The van der Waals surface area contributed by atoms with Crippen LogP contribution in [0, 0.1) is 6.92 Å². The first-order chi connectivity index (χ1) is 15.4. The number of fused-ring (bicyclic) bond motifs is 1. The maximum Gasteiger partial charge on any atom is 0.338 e. The van der Waals surface area contributed by atoms with Crippen LogP contribution in [0.4, 0.5) is 0 Å². The van der Waals surface area contributed by atoms with Gasteiger partial charge in [0, 0.05) is 17.0 Å². The molecule has 1 aromatic heterocycles. The lowest BCUT2D eigenvalue weighted by Gasteiger charge is -2.13. The second-order valence-corrected chi connectivity index (χ2v) is 7.97. The smallest absolute Gasteiger partial charge is 0.338 e. The van der Waals surface area contributed by atoms with E-state index in [2.05, 4.69) is 13.8 Å². The lowest BCUT2D eigenvalue weighted by Crippen LogP contribution is -2.08. The number of aryl methyl sites for hydroxylation is 1. The molecule has 0 bridgehead atoms. The minimum absolute atomic E-state index is 0.0240. The van der Waals surface area contributed by atoms with Gasteiger partial charge in [0.2, 0.25) is 0 Å². The fourth-order valence-corrected chi connectivity index (χ4v) is 3.64. The van der Waals surface area contributed by atoms with Crippen molar-refractivity contribution < 1.29 is 18.7 Å².